The number of esters is 1. The summed E-state index contributed by atoms with van der Waals surface area (Å²) < 4.78 is 5.48. The van der Waals surface area contributed by atoms with Gasteiger partial charge in [-0.05, 0) is 88.7 Å². The SMILES string of the molecule is Cc1ccc(C(=O)O[C@@H](C)C(=O)NC23CC4CC(CC(C4)C2)C3)c(C)c1. The van der Waals surface area contributed by atoms with Crippen molar-refractivity contribution >= 4 is 11.9 Å². The maximum absolute atomic E-state index is 12.7. The van der Waals surface area contributed by atoms with Crippen molar-refractivity contribution in [2.45, 2.75) is 70.9 Å². The minimum Gasteiger partial charge on any atom is -0.449 e. The van der Waals surface area contributed by atoms with Crippen LogP contribution in [0.1, 0.15) is 66.9 Å². The third-order valence-corrected chi connectivity index (χ3v) is 6.68. The normalized spacial score (nSPS) is 33.0. The molecule has 4 aliphatic carbocycles. The Kier molecular flexibility index (Phi) is 4.32. The molecule has 0 saturated heterocycles. The van der Waals surface area contributed by atoms with Crippen molar-refractivity contribution in [3.63, 3.8) is 0 Å². The lowest BCUT2D eigenvalue weighted by Gasteiger charge is -2.57. The second kappa shape index (κ2) is 6.40. The standard InChI is InChI=1S/C22H29NO3/c1-13-4-5-19(14(2)6-13)21(25)26-15(3)20(24)23-22-10-16-7-17(11-22)9-18(8-16)12-22/h4-6,15-18H,7-12H2,1-3H3,(H,23,24)/t15-,16?,17?,18?,22?/m0/s1. The number of aryl methyl sites for hydroxylation is 2. The maximum Gasteiger partial charge on any atom is 0.339 e. The first kappa shape index (κ1) is 17.6. The van der Waals surface area contributed by atoms with Gasteiger partial charge < -0.3 is 10.1 Å². The Labute approximate surface area is 155 Å². The van der Waals surface area contributed by atoms with Gasteiger partial charge in [0.1, 0.15) is 0 Å². The molecule has 4 bridgehead atoms. The van der Waals surface area contributed by atoms with Gasteiger partial charge in [-0.3, -0.25) is 4.79 Å². The van der Waals surface area contributed by atoms with Crippen molar-refractivity contribution in [2.75, 3.05) is 0 Å². The highest BCUT2D eigenvalue weighted by Gasteiger charge is 2.51. The Morgan fingerprint density at radius 2 is 1.65 bits per heavy atom. The van der Waals surface area contributed by atoms with Crippen molar-refractivity contribution in [1.29, 1.82) is 0 Å². The van der Waals surface area contributed by atoms with Crippen LogP contribution in [0.15, 0.2) is 18.2 Å². The van der Waals surface area contributed by atoms with E-state index < -0.39 is 12.1 Å². The number of ether oxygens (including phenoxy) is 1. The second-order valence-corrected chi connectivity index (χ2v) is 9.05. The van der Waals surface area contributed by atoms with Crippen LogP contribution < -0.4 is 5.32 Å². The van der Waals surface area contributed by atoms with E-state index in [9.17, 15) is 9.59 Å². The minimum absolute atomic E-state index is 0.0493. The number of hydrogen-bond acceptors (Lipinski definition) is 3. The maximum atomic E-state index is 12.7. The van der Waals surface area contributed by atoms with Crippen LogP contribution in [0, 0.1) is 31.6 Å². The summed E-state index contributed by atoms with van der Waals surface area (Å²) in [5.41, 5.74) is 2.46. The van der Waals surface area contributed by atoms with E-state index in [-0.39, 0.29) is 11.4 Å². The molecule has 0 aromatic heterocycles. The van der Waals surface area contributed by atoms with E-state index in [0.717, 1.165) is 48.1 Å². The van der Waals surface area contributed by atoms with Gasteiger partial charge in [0.15, 0.2) is 6.10 Å². The van der Waals surface area contributed by atoms with Crippen molar-refractivity contribution in [1.82, 2.24) is 5.32 Å². The van der Waals surface area contributed by atoms with Crippen molar-refractivity contribution in [3.8, 4) is 0 Å². The molecule has 0 unspecified atom stereocenters. The van der Waals surface area contributed by atoms with E-state index in [1.165, 1.54) is 19.3 Å². The lowest BCUT2D eigenvalue weighted by Crippen LogP contribution is -2.61. The lowest BCUT2D eigenvalue weighted by atomic mass is 9.53. The molecule has 4 fully saturated rings. The predicted molar refractivity (Wildman–Crippen MR) is 99.8 cm³/mol. The van der Waals surface area contributed by atoms with Gasteiger partial charge in [0.25, 0.3) is 5.91 Å². The molecule has 1 amide bonds. The predicted octanol–water partition coefficient (Wildman–Crippen LogP) is 3.93. The highest BCUT2D eigenvalue weighted by Crippen LogP contribution is 2.55. The summed E-state index contributed by atoms with van der Waals surface area (Å²) in [7, 11) is 0. The van der Waals surface area contributed by atoms with Crippen LogP contribution in [0.25, 0.3) is 0 Å². The highest BCUT2D eigenvalue weighted by atomic mass is 16.5. The van der Waals surface area contributed by atoms with Crippen LogP contribution in [-0.4, -0.2) is 23.5 Å². The summed E-state index contributed by atoms with van der Waals surface area (Å²) in [5, 5.41) is 3.29. The van der Waals surface area contributed by atoms with Crippen LogP contribution in [0.4, 0.5) is 0 Å². The summed E-state index contributed by atoms with van der Waals surface area (Å²) in [5.74, 6) is 1.75. The summed E-state index contributed by atoms with van der Waals surface area (Å²) >= 11 is 0. The number of carbonyl (C=O) groups is 2. The van der Waals surface area contributed by atoms with Gasteiger partial charge in [-0.2, -0.15) is 0 Å². The first-order valence-electron chi connectivity index (χ1n) is 9.94. The Hall–Kier alpha value is -1.84. The first-order chi connectivity index (χ1) is 12.3. The Balaban J connectivity index is 1.40. The largest absolute Gasteiger partial charge is 0.449 e. The monoisotopic (exact) mass is 355 g/mol. The average Bonchev–Trinajstić information content (AvgIpc) is 2.52. The van der Waals surface area contributed by atoms with Crippen molar-refractivity contribution in [2.24, 2.45) is 17.8 Å². The van der Waals surface area contributed by atoms with Crippen molar-refractivity contribution in [3.05, 3.63) is 34.9 Å². The number of benzene rings is 1. The van der Waals surface area contributed by atoms with Gasteiger partial charge in [0.2, 0.25) is 0 Å². The third-order valence-electron chi connectivity index (χ3n) is 6.68. The quantitative estimate of drug-likeness (QED) is 0.833. The van der Waals surface area contributed by atoms with Gasteiger partial charge in [0, 0.05) is 5.54 Å². The lowest BCUT2D eigenvalue weighted by molar-refractivity contribution is -0.134. The smallest absolute Gasteiger partial charge is 0.339 e. The van der Waals surface area contributed by atoms with Crippen LogP contribution >= 0.6 is 0 Å². The zero-order chi connectivity index (χ0) is 18.5. The summed E-state index contributed by atoms with van der Waals surface area (Å²) in [6.07, 6.45) is 6.55. The van der Waals surface area contributed by atoms with E-state index in [4.69, 9.17) is 4.74 Å². The third kappa shape index (κ3) is 3.26. The Morgan fingerprint density at radius 3 is 2.19 bits per heavy atom. The summed E-state index contributed by atoms with van der Waals surface area (Å²) in [6.45, 7) is 5.56. The molecule has 140 valence electrons. The second-order valence-electron chi connectivity index (χ2n) is 9.05. The van der Waals surface area contributed by atoms with Crippen LogP contribution in [-0.2, 0) is 9.53 Å². The topological polar surface area (TPSA) is 55.4 Å². The van der Waals surface area contributed by atoms with Gasteiger partial charge in [-0.25, -0.2) is 4.79 Å². The fraction of sp³-hybridized carbons (Fsp3) is 0.636. The zero-order valence-corrected chi connectivity index (χ0v) is 16.0. The van der Waals surface area contributed by atoms with Gasteiger partial charge in [-0.1, -0.05) is 17.7 Å². The molecule has 0 aliphatic heterocycles. The Morgan fingerprint density at radius 1 is 1.08 bits per heavy atom. The van der Waals surface area contributed by atoms with E-state index in [1.54, 1.807) is 13.0 Å². The molecule has 1 aromatic carbocycles. The van der Waals surface area contributed by atoms with Crippen LogP contribution in [0.5, 0.6) is 0 Å². The van der Waals surface area contributed by atoms with E-state index >= 15 is 0 Å². The number of amides is 1. The van der Waals surface area contributed by atoms with E-state index in [2.05, 4.69) is 5.32 Å². The summed E-state index contributed by atoms with van der Waals surface area (Å²) in [6, 6.07) is 5.62. The van der Waals surface area contributed by atoms with Gasteiger partial charge in [0.05, 0.1) is 5.56 Å². The summed E-state index contributed by atoms with van der Waals surface area (Å²) in [4.78, 5) is 25.2. The molecule has 4 saturated carbocycles. The fourth-order valence-electron chi connectivity index (χ4n) is 5.95. The molecule has 1 aromatic rings. The van der Waals surface area contributed by atoms with Gasteiger partial charge in [-0.15, -0.1) is 0 Å². The number of rotatable bonds is 4. The molecular weight excluding hydrogens is 326 g/mol. The Bertz CT molecular complexity index is 704. The molecule has 1 atom stereocenters. The number of nitrogens with one attached hydrogen (secondary N) is 1. The molecule has 4 aliphatic rings. The highest BCUT2D eigenvalue weighted by molar-refractivity contribution is 5.93. The molecule has 0 heterocycles. The number of carbonyl (C=O) groups excluding carboxylic acids is 2. The zero-order valence-electron chi connectivity index (χ0n) is 16.0. The van der Waals surface area contributed by atoms with Crippen LogP contribution in [0.3, 0.4) is 0 Å². The molecule has 0 spiro atoms. The molecule has 4 nitrogen and oxygen atoms in total. The van der Waals surface area contributed by atoms with E-state index in [1.807, 2.05) is 26.0 Å². The molecular formula is C22H29NO3. The average molecular weight is 355 g/mol. The van der Waals surface area contributed by atoms with E-state index in [0.29, 0.717) is 5.56 Å². The molecule has 5 rings (SSSR count). The van der Waals surface area contributed by atoms with Crippen molar-refractivity contribution < 1.29 is 14.3 Å². The molecule has 1 N–H and O–H groups in total. The van der Waals surface area contributed by atoms with Gasteiger partial charge >= 0.3 is 5.97 Å². The molecule has 4 heteroatoms. The van der Waals surface area contributed by atoms with Crippen LogP contribution in [0.2, 0.25) is 0 Å². The number of hydrogen-bond donors (Lipinski definition) is 1. The fourth-order valence-corrected chi connectivity index (χ4v) is 5.95. The molecule has 26 heavy (non-hydrogen) atoms. The minimum atomic E-state index is -0.767. The first-order valence-corrected chi connectivity index (χ1v) is 9.94. The molecule has 0 radical (unpaired) electrons.